The maximum atomic E-state index is 14.1. The van der Waals surface area contributed by atoms with Crippen LogP contribution in [0.4, 0.5) is 13.2 Å². The average molecular weight is 418 g/mol. The molecule has 0 aromatic carbocycles. The zero-order valence-corrected chi connectivity index (χ0v) is 16.1. The Morgan fingerprint density at radius 2 is 2.03 bits per heavy atom. The van der Waals surface area contributed by atoms with E-state index < -0.39 is 24.0 Å². The highest BCUT2D eigenvalue weighted by molar-refractivity contribution is 5.83. The van der Waals surface area contributed by atoms with Gasteiger partial charge in [0, 0.05) is 44.0 Å². The van der Waals surface area contributed by atoms with E-state index >= 15 is 0 Å². The first-order valence-corrected chi connectivity index (χ1v) is 9.05. The first-order valence-electron chi connectivity index (χ1n) is 9.05. The van der Waals surface area contributed by atoms with Gasteiger partial charge in [-0.25, -0.2) is 32.2 Å². The lowest BCUT2D eigenvalue weighted by atomic mass is 10.0. The summed E-state index contributed by atoms with van der Waals surface area (Å²) in [5, 5.41) is 7.80. The molecule has 0 amide bonds. The van der Waals surface area contributed by atoms with Crippen molar-refractivity contribution in [1.29, 1.82) is 0 Å². The fraction of sp³-hybridized carbons (Fsp3) is 0.316. The minimum Gasteiger partial charge on any atom is -0.375 e. The number of carbonyl (C=O) groups is 1. The molecular weight excluding hydrogens is 401 g/mol. The van der Waals surface area contributed by atoms with Crippen molar-refractivity contribution in [3.05, 3.63) is 59.2 Å². The fourth-order valence-corrected chi connectivity index (χ4v) is 3.33. The number of rotatable bonds is 7. The number of hydrogen-bond acceptors (Lipinski definition) is 6. The van der Waals surface area contributed by atoms with Crippen LogP contribution in [0.3, 0.4) is 0 Å². The standard InChI is InChI=1S/C19H17F3N6O2/c1-10(30-2)17-12(7-23-16-6-15(18(21)22)26-28(16)17)5-13(29)3-11-4-14(20)19-24-9-25-27(19)8-11/h4,6-10,18H,3,5H2,1-2H3/t10-/m0/s1. The molecule has 0 unspecified atom stereocenters. The molecule has 4 heterocycles. The molecule has 0 saturated heterocycles. The number of pyridine rings is 1. The molecule has 1 atom stereocenters. The topological polar surface area (TPSA) is 86.7 Å². The van der Waals surface area contributed by atoms with E-state index in [0.717, 1.165) is 0 Å². The zero-order chi connectivity index (χ0) is 21.4. The fourth-order valence-electron chi connectivity index (χ4n) is 3.33. The van der Waals surface area contributed by atoms with Crippen LogP contribution in [0, 0.1) is 5.82 Å². The normalized spacial score (nSPS) is 12.9. The van der Waals surface area contributed by atoms with E-state index in [9.17, 15) is 18.0 Å². The summed E-state index contributed by atoms with van der Waals surface area (Å²) in [4.78, 5) is 20.6. The number of alkyl halides is 2. The molecule has 0 aliphatic rings. The van der Waals surface area contributed by atoms with Crippen molar-refractivity contribution in [1.82, 2.24) is 29.2 Å². The third kappa shape index (κ3) is 3.63. The molecule has 0 aliphatic carbocycles. The van der Waals surface area contributed by atoms with E-state index in [1.807, 2.05) is 0 Å². The summed E-state index contributed by atoms with van der Waals surface area (Å²) in [6.45, 7) is 1.72. The van der Waals surface area contributed by atoms with Gasteiger partial charge in [-0.2, -0.15) is 10.2 Å². The van der Waals surface area contributed by atoms with Crippen molar-refractivity contribution >= 4 is 17.1 Å². The van der Waals surface area contributed by atoms with E-state index in [0.29, 0.717) is 16.8 Å². The third-order valence-corrected chi connectivity index (χ3v) is 4.76. The first-order chi connectivity index (χ1) is 14.4. The molecule has 0 bridgehead atoms. The van der Waals surface area contributed by atoms with E-state index in [-0.39, 0.29) is 29.9 Å². The van der Waals surface area contributed by atoms with E-state index in [4.69, 9.17) is 4.74 Å². The number of ketones is 1. The van der Waals surface area contributed by atoms with Crippen LogP contribution in [0.25, 0.3) is 11.3 Å². The number of Topliss-reactive ketones (excluding diaryl/α,β-unsaturated/α-hetero) is 1. The third-order valence-electron chi connectivity index (χ3n) is 4.76. The quantitative estimate of drug-likeness (QED) is 0.459. The van der Waals surface area contributed by atoms with Crippen LogP contribution >= 0.6 is 0 Å². The predicted molar refractivity (Wildman–Crippen MR) is 98.7 cm³/mol. The van der Waals surface area contributed by atoms with Crippen LogP contribution in [-0.2, 0) is 22.4 Å². The predicted octanol–water partition coefficient (Wildman–Crippen LogP) is 2.91. The van der Waals surface area contributed by atoms with Gasteiger partial charge in [-0.1, -0.05) is 0 Å². The monoisotopic (exact) mass is 418 g/mol. The molecule has 4 aromatic heterocycles. The number of fused-ring (bicyclic) bond motifs is 2. The van der Waals surface area contributed by atoms with Gasteiger partial charge in [0.2, 0.25) is 0 Å². The summed E-state index contributed by atoms with van der Waals surface area (Å²) >= 11 is 0. The summed E-state index contributed by atoms with van der Waals surface area (Å²) in [5.74, 6) is -0.800. The second-order valence-electron chi connectivity index (χ2n) is 6.80. The van der Waals surface area contributed by atoms with Gasteiger partial charge in [0.05, 0.1) is 11.8 Å². The molecule has 156 valence electrons. The van der Waals surface area contributed by atoms with Gasteiger partial charge < -0.3 is 4.74 Å². The molecule has 0 fully saturated rings. The zero-order valence-electron chi connectivity index (χ0n) is 16.1. The highest BCUT2D eigenvalue weighted by atomic mass is 19.3. The van der Waals surface area contributed by atoms with Crippen LogP contribution in [0.2, 0.25) is 0 Å². The maximum Gasteiger partial charge on any atom is 0.282 e. The molecule has 4 rings (SSSR count). The molecule has 0 aliphatic heterocycles. The summed E-state index contributed by atoms with van der Waals surface area (Å²) in [7, 11) is 1.47. The van der Waals surface area contributed by atoms with Crippen molar-refractivity contribution in [2.45, 2.75) is 32.3 Å². The highest BCUT2D eigenvalue weighted by Crippen LogP contribution is 2.25. The summed E-state index contributed by atoms with van der Waals surface area (Å²) < 4.78 is 48.1. The molecule has 0 saturated carbocycles. The van der Waals surface area contributed by atoms with Gasteiger partial charge in [0.1, 0.15) is 17.8 Å². The van der Waals surface area contributed by atoms with Gasteiger partial charge in [-0.05, 0) is 18.6 Å². The Kier molecular flexibility index (Phi) is 5.20. The van der Waals surface area contributed by atoms with Gasteiger partial charge in [-0.15, -0.1) is 0 Å². The molecule has 8 nitrogen and oxygen atoms in total. The van der Waals surface area contributed by atoms with Crippen molar-refractivity contribution in [2.24, 2.45) is 0 Å². The van der Waals surface area contributed by atoms with E-state index in [1.54, 1.807) is 6.92 Å². The van der Waals surface area contributed by atoms with Crippen LogP contribution < -0.4 is 0 Å². The Balaban J connectivity index is 1.65. The maximum absolute atomic E-state index is 14.1. The van der Waals surface area contributed by atoms with Crippen LogP contribution in [-0.4, -0.2) is 42.1 Å². The molecule has 0 N–H and O–H groups in total. The van der Waals surface area contributed by atoms with Crippen molar-refractivity contribution in [2.75, 3.05) is 7.11 Å². The Morgan fingerprint density at radius 3 is 2.77 bits per heavy atom. The van der Waals surface area contributed by atoms with Crippen molar-refractivity contribution in [3.63, 3.8) is 0 Å². The minimum absolute atomic E-state index is 0.0487. The molecule has 30 heavy (non-hydrogen) atoms. The summed E-state index contributed by atoms with van der Waals surface area (Å²) in [6, 6.07) is 2.43. The molecule has 11 heteroatoms. The number of methoxy groups -OCH3 is 1. The second-order valence-corrected chi connectivity index (χ2v) is 6.80. The van der Waals surface area contributed by atoms with Gasteiger partial charge in [-0.3, -0.25) is 4.79 Å². The summed E-state index contributed by atoms with van der Waals surface area (Å²) in [5.41, 5.74) is 1.29. The number of nitrogens with zero attached hydrogens (tertiary/aromatic N) is 6. The first kappa shape index (κ1) is 20.0. The number of halogens is 3. The molecule has 0 radical (unpaired) electrons. The second kappa shape index (κ2) is 7.82. The lowest BCUT2D eigenvalue weighted by molar-refractivity contribution is -0.117. The van der Waals surface area contributed by atoms with Crippen molar-refractivity contribution in [3.8, 4) is 0 Å². The number of aromatic nitrogens is 6. The van der Waals surface area contributed by atoms with Gasteiger partial charge in [0.25, 0.3) is 6.43 Å². The number of ether oxygens (including phenoxy) is 1. The van der Waals surface area contributed by atoms with Crippen LogP contribution in [0.1, 0.15) is 42.0 Å². The average Bonchev–Trinajstić information content (AvgIpc) is 3.34. The molecular formula is C19H17F3N6O2. The number of hydrogen-bond donors (Lipinski definition) is 0. The Morgan fingerprint density at radius 1 is 1.23 bits per heavy atom. The Bertz CT molecular complexity index is 1240. The van der Waals surface area contributed by atoms with E-state index in [1.165, 1.54) is 47.0 Å². The van der Waals surface area contributed by atoms with Crippen LogP contribution in [0.15, 0.2) is 30.9 Å². The molecule has 4 aromatic rings. The molecule has 0 spiro atoms. The SMILES string of the molecule is CO[C@@H](C)c1c(CC(=O)Cc2cc(F)c3ncnn3c2)cnc2cc(C(F)F)nn12. The van der Waals surface area contributed by atoms with Crippen LogP contribution in [0.5, 0.6) is 0 Å². The Hall–Kier alpha value is -3.34. The number of carbonyl (C=O) groups excluding carboxylic acids is 1. The lowest BCUT2D eigenvalue weighted by Crippen LogP contribution is -2.15. The van der Waals surface area contributed by atoms with Gasteiger partial charge in [0.15, 0.2) is 17.1 Å². The smallest absolute Gasteiger partial charge is 0.282 e. The van der Waals surface area contributed by atoms with Crippen molar-refractivity contribution < 1.29 is 22.7 Å². The Labute approximate surface area is 168 Å². The largest absolute Gasteiger partial charge is 0.375 e. The highest BCUT2D eigenvalue weighted by Gasteiger charge is 2.22. The van der Waals surface area contributed by atoms with E-state index in [2.05, 4.69) is 20.2 Å². The van der Waals surface area contributed by atoms with Gasteiger partial charge >= 0.3 is 0 Å². The minimum atomic E-state index is -2.75. The lowest BCUT2D eigenvalue weighted by Gasteiger charge is -2.16. The summed E-state index contributed by atoms with van der Waals surface area (Å²) in [6.07, 6.45) is 0.847.